The molecule has 2 aliphatic rings. The summed E-state index contributed by atoms with van der Waals surface area (Å²) in [7, 11) is 0. The highest BCUT2D eigenvalue weighted by Crippen LogP contribution is 2.40. The normalized spacial score (nSPS) is 21.0. The minimum atomic E-state index is -0.663. The number of phenolic OH excluding ortho intramolecular Hbond substituents is 1. The van der Waals surface area contributed by atoms with Gasteiger partial charge in [0.15, 0.2) is 6.23 Å². The summed E-state index contributed by atoms with van der Waals surface area (Å²) in [4.78, 5) is 4.34. The third kappa shape index (κ3) is 6.70. The Labute approximate surface area is 231 Å². The molecule has 2 aromatic carbocycles. The van der Waals surface area contributed by atoms with Gasteiger partial charge in [0.05, 0.1) is 32.3 Å². The fraction of sp³-hybridized carbons (Fsp3) is 0.520. The van der Waals surface area contributed by atoms with Gasteiger partial charge in [-0.1, -0.05) is 46.4 Å². The maximum absolute atomic E-state index is 10.8. The summed E-state index contributed by atoms with van der Waals surface area (Å²) in [5, 5.41) is 34.6. The van der Waals surface area contributed by atoms with E-state index >= 15 is 0 Å². The number of ether oxygens (including phenoxy) is 1. The quantitative estimate of drug-likeness (QED) is 0.365. The van der Waals surface area contributed by atoms with E-state index in [1.54, 1.807) is 18.2 Å². The number of aliphatic hydroxyl groups excluding tert-OH is 2. The van der Waals surface area contributed by atoms with E-state index in [1.807, 2.05) is 0 Å². The van der Waals surface area contributed by atoms with Gasteiger partial charge in [0, 0.05) is 69.6 Å². The van der Waals surface area contributed by atoms with Gasteiger partial charge in [0.1, 0.15) is 11.5 Å². The van der Waals surface area contributed by atoms with E-state index in [9.17, 15) is 15.3 Å². The topological polar surface area (TPSA) is 88.4 Å². The molecule has 0 amide bonds. The zero-order valence-electron chi connectivity index (χ0n) is 19.8. The summed E-state index contributed by atoms with van der Waals surface area (Å²) < 4.78 is 6.61. The first-order valence-electron chi connectivity index (χ1n) is 12.0. The lowest BCUT2D eigenvalue weighted by atomic mass is 9.97. The molecular weight excluding hydrogens is 548 g/mol. The Morgan fingerprint density at radius 3 is 2.28 bits per heavy atom. The number of piperidine rings is 1. The number of rotatable bonds is 8. The molecule has 0 spiro atoms. The zero-order chi connectivity index (χ0) is 25.8. The van der Waals surface area contributed by atoms with E-state index in [0.717, 1.165) is 31.5 Å². The van der Waals surface area contributed by atoms with Gasteiger partial charge >= 0.3 is 0 Å². The Hall–Kier alpha value is -1.00. The van der Waals surface area contributed by atoms with E-state index in [-0.39, 0.29) is 35.9 Å². The summed E-state index contributed by atoms with van der Waals surface area (Å²) in [5.41, 5.74) is 1.34. The first-order valence-corrected chi connectivity index (χ1v) is 13.5. The van der Waals surface area contributed by atoms with Crippen molar-refractivity contribution in [3.63, 3.8) is 0 Å². The Morgan fingerprint density at radius 1 is 0.917 bits per heavy atom. The fourth-order valence-corrected chi connectivity index (χ4v) is 5.45. The van der Waals surface area contributed by atoms with Gasteiger partial charge in [-0.15, -0.1) is 0 Å². The van der Waals surface area contributed by atoms with E-state index in [0.29, 0.717) is 52.6 Å². The molecule has 2 atom stereocenters. The van der Waals surface area contributed by atoms with Gasteiger partial charge in [0.25, 0.3) is 0 Å². The number of piperazine rings is 1. The third-order valence-electron chi connectivity index (χ3n) is 6.87. The maximum Gasteiger partial charge on any atom is 0.182 e. The van der Waals surface area contributed by atoms with Crippen LogP contribution in [0.1, 0.15) is 30.2 Å². The number of aliphatic hydroxyl groups is 2. The molecule has 11 heteroatoms. The Balaban J connectivity index is 1.67. The number of phenols is 1. The molecule has 2 unspecified atom stereocenters. The van der Waals surface area contributed by atoms with Gasteiger partial charge in [-0.3, -0.25) is 9.80 Å². The van der Waals surface area contributed by atoms with Gasteiger partial charge in [0.2, 0.25) is 0 Å². The smallest absolute Gasteiger partial charge is 0.182 e. The van der Waals surface area contributed by atoms with Gasteiger partial charge in [-0.25, -0.2) is 0 Å². The highest BCUT2D eigenvalue weighted by molar-refractivity contribution is 6.42. The Morgan fingerprint density at radius 2 is 1.58 bits per heavy atom. The van der Waals surface area contributed by atoms with E-state index in [1.165, 1.54) is 6.07 Å². The largest absolute Gasteiger partial charge is 0.507 e. The predicted molar refractivity (Wildman–Crippen MR) is 143 cm³/mol. The third-order valence-corrected chi connectivity index (χ3v) is 8.31. The molecule has 2 saturated heterocycles. The molecule has 0 aliphatic carbocycles. The molecule has 0 bridgehead atoms. The van der Waals surface area contributed by atoms with Crippen molar-refractivity contribution in [2.75, 3.05) is 45.9 Å². The van der Waals surface area contributed by atoms with E-state index in [2.05, 4.69) is 15.1 Å². The van der Waals surface area contributed by atoms with Gasteiger partial charge in [-0.05, 0) is 30.9 Å². The second kappa shape index (κ2) is 12.7. The molecule has 0 aromatic heterocycles. The van der Waals surface area contributed by atoms with Crippen molar-refractivity contribution in [2.24, 2.45) is 5.92 Å². The van der Waals surface area contributed by atoms with Crippen molar-refractivity contribution in [3.05, 3.63) is 55.5 Å². The molecule has 198 valence electrons. The number of benzene rings is 2. The van der Waals surface area contributed by atoms with Gasteiger partial charge < -0.3 is 25.4 Å². The highest BCUT2D eigenvalue weighted by atomic mass is 35.5. The van der Waals surface area contributed by atoms with Crippen LogP contribution in [-0.2, 0) is 6.54 Å². The van der Waals surface area contributed by atoms with Crippen LogP contribution in [0.2, 0.25) is 20.1 Å². The summed E-state index contributed by atoms with van der Waals surface area (Å²) in [5.74, 6) is 0.758. The van der Waals surface area contributed by atoms with Crippen LogP contribution in [0.15, 0.2) is 24.3 Å². The van der Waals surface area contributed by atoms with Crippen molar-refractivity contribution in [3.8, 4) is 11.5 Å². The predicted octanol–water partition coefficient (Wildman–Crippen LogP) is 4.55. The summed E-state index contributed by atoms with van der Waals surface area (Å²) in [6.45, 7) is 4.35. The standard InChI is InChI=1S/C25H31Cl4N3O4/c26-19-7-16(11-31-6-3-30-17(12-31)14-34)24(10-22(19)29)36-25(32-4-1-15(13-33)2-5-32)18-8-20(27)21(28)9-23(18)35/h7-10,15,17,25,30,33-35H,1-6,11-14H2. The molecule has 0 saturated carbocycles. The lowest BCUT2D eigenvalue weighted by molar-refractivity contribution is -0.00825. The number of hydrogen-bond donors (Lipinski definition) is 4. The second-order valence-corrected chi connectivity index (χ2v) is 11.0. The summed E-state index contributed by atoms with van der Waals surface area (Å²) in [6, 6.07) is 6.55. The molecule has 4 rings (SSSR count). The molecule has 2 fully saturated rings. The molecule has 2 aromatic rings. The minimum Gasteiger partial charge on any atom is -0.507 e. The molecule has 7 nitrogen and oxygen atoms in total. The maximum atomic E-state index is 10.8. The molecule has 36 heavy (non-hydrogen) atoms. The number of nitrogens with zero attached hydrogens (tertiary/aromatic N) is 2. The number of nitrogens with one attached hydrogen (secondary N) is 1. The fourth-order valence-electron chi connectivity index (χ4n) is 4.78. The van der Waals surface area contributed by atoms with Crippen LogP contribution in [0.3, 0.4) is 0 Å². The zero-order valence-corrected chi connectivity index (χ0v) is 22.8. The summed E-state index contributed by atoms with van der Waals surface area (Å²) in [6.07, 6.45) is 0.940. The number of aromatic hydroxyl groups is 1. The highest BCUT2D eigenvalue weighted by Gasteiger charge is 2.31. The van der Waals surface area contributed by atoms with Crippen molar-refractivity contribution in [2.45, 2.75) is 31.7 Å². The first-order chi connectivity index (χ1) is 17.3. The lowest BCUT2D eigenvalue weighted by Gasteiger charge is -2.38. The molecule has 2 aliphatic heterocycles. The first kappa shape index (κ1) is 28.0. The molecular formula is C25H31Cl4N3O4. The second-order valence-electron chi connectivity index (χ2n) is 9.40. The Bertz CT molecular complexity index is 1050. The van der Waals surface area contributed by atoms with E-state index in [4.69, 9.17) is 51.1 Å². The van der Waals surface area contributed by atoms with Crippen LogP contribution in [0, 0.1) is 5.92 Å². The molecule has 2 heterocycles. The van der Waals surface area contributed by atoms with Crippen LogP contribution < -0.4 is 10.1 Å². The number of hydrogen-bond acceptors (Lipinski definition) is 7. The van der Waals surface area contributed by atoms with Crippen LogP contribution in [0.4, 0.5) is 0 Å². The monoisotopic (exact) mass is 577 g/mol. The van der Waals surface area contributed by atoms with Crippen molar-refractivity contribution in [1.29, 1.82) is 0 Å². The van der Waals surface area contributed by atoms with Crippen molar-refractivity contribution < 1.29 is 20.1 Å². The van der Waals surface area contributed by atoms with Crippen LogP contribution in [-0.4, -0.2) is 77.1 Å². The number of likely N-dealkylation sites (tertiary alicyclic amines) is 1. The SMILES string of the molecule is OCC1CCN(C(Oc2cc(Cl)c(Cl)cc2CN2CCNC(CO)C2)c2cc(Cl)c(Cl)cc2O)CC1. The summed E-state index contributed by atoms with van der Waals surface area (Å²) >= 11 is 25.3. The minimum absolute atomic E-state index is 0.000356. The Kier molecular flexibility index (Phi) is 9.88. The molecule has 4 N–H and O–H groups in total. The van der Waals surface area contributed by atoms with Crippen molar-refractivity contribution in [1.82, 2.24) is 15.1 Å². The van der Waals surface area contributed by atoms with Crippen LogP contribution in [0.25, 0.3) is 0 Å². The molecule has 0 radical (unpaired) electrons. The lowest BCUT2D eigenvalue weighted by Crippen LogP contribution is -2.51. The van der Waals surface area contributed by atoms with Crippen LogP contribution in [0.5, 0.6) is 11.5 Å². The average molecular weight is 579 g/mol. The number of halogens is 4. The van der Waals surface area contributed by atoms with E-state index < -0.39 is 6.23 Å². The van der Waals surface area contributed by atoms with Crippen molar-refractivity contribution >= 4 is 46.4 Å². The van der Waals surface area contributed by atoms with Gasteiger partial charge in [-0.2, -0.15) is 0 Å². The van der Waals surface area contributed by atoms with Crippen LogP contribution >= 0.6 is 46.4 Å². The average Bonchev–Trinajstić information content (AvgIpc) is 2.88.